The summed E-state index contributed by atoms with van der Waals surface area (Å²) in [5, 5.41) is 0.266. The van der Waals surface area contributed by atoms with Gasteiger partial charge >= 0.3 is 0 Å². The summed E-state index contributed by atoms with van der Waals surface area (Å²) in [6.45, 7) is 0. The molecule has 1 aromatic rings. The molecule has 0 heterocycles. The van der Waals surface area contributed by atoms with Crippen molar-refractivity contribution in [2.24, 2.45) is 11.8 Å². The van der Waals surface area contributed by atoms with E-state index in [-0.39, 0.29) is 22.6 Å². The Morgan fingerprint density at radius 1 is 1.37 bits per heavy atom. The van der Waals surface area contributed by atoms with Crippen molar-refractivity contribution >= 4 is 17.4 Å². The highest BCUT2D eigenvalue weighted by molar-refractivity contribution is 6.30. The van der Waals surface area contributed by atoms with E-state index in [4.69, 9.17) is 16.3 Å². The van der Waals surface area contributed by atoms with Gasteiger partial charge in [0.1, 0.15) is 23.1 Å². The third kappa shape index (κ3) is 2.43. The largest absolute Gasteiger partial charge is 0.461 e. The average Bonchev–Trinajstić information content (AvgIpc) is 2.71. The lowest BCUT2D eigenvalue weighted by Crippen LogP contribution is -2.21. The van der Waals surface area contributed by atoms with Crippen LogP contribution in [0.15, 0.2) is 36.1 Å². The highest BCUT2D eigenvalue weighted by atomic mass is 35.5. The lowest BCUT2D eigenvalue weighted by atomic mass is 9.89. The summed E-state index contributed by atoms with van der Waals surface area (Å²) in [6.07, 6.45) is 7.96. The van der Waals surface area contributed by atoms with Crippen LogP contribution in [-0.2, 0) is 4.79 Å². The molecule has 0 N–H and O–H groups in total. The maximum atomic E-state index is 13.3. The Bertz CT molecular complexity index is 572. The smallest absolute Gasteiger partial charge is 0.144 e. The summed E-state index contributed by atoms with van der Waals surface area (Å²) >= 11 is 5.78. The van der Waals surface area contributed by atoms with Gasteiger partial charge in [0.2, 0.25) is 0 Å². The fourth-order valence-electron chi connectivity index (χ4n) is 2.56. The molecule has 0 amide bonds. The zero-order valence-electron chi connectivity index (χ0n) is 10.0. The average molecular weight is 278 g/mol. The van der Waals surface area contributed by atoms with Gasteiger partial charge in [0.15, 0.2) is 0 Å². The molecule has 19 heavy (non-hydrogen) atoms. The summed E-state index contributed by atoms with van der Waals surface area (Å²) in [4.78, 5) is 11.9. The highest BCUT2D eigenvalue weighted by Crippen LogP contribution is 2.38. The molecule has 2 atom stereocenters. The van der Waals surface area contributed by atoms with Crippen molar-refractivity contribution in [3.63, 3.8) is 0 Å². The monoisotopic (exact) mass is 277 g/mol. The second-order valence-electron chi connectivity index (χ2n) is 4.70. The molecule has 2 aliphatic carbocycles. The molecule has 2 aliphatic rings. The van der Waals surface area contributed by atoms with Crippen LogP contribution < -0.4 is 4.74 Å². The molecule has 0 aliphatic heterocycles. The number of ether oxygens (including phenoxy) is 1. The minimum atomic E-state index is -0.463. The fourth-order valence-corrected chi connectivity index (χ4v) is 2.77. The van der Waals surface area contributed by atoms with Crippen LogP contribution in [0.3, 0.4) is 0 Å². The lowest BCUT2D eigenvalue weighted by Gasteiger charge is -2.21. The van der Waals surface area contributed by atoms with E-state index in [9.17, 15) is 9.18 Å². The van der Waals surface area contributed by atoms with Gasteiger partial charge < -0.3 is 4.74 Å². The quantitative estimate of drug-likeness (QED) is 0.824. The van der Waals surface area contributed by atoms with Crippen LogP contribution in [0.4, 0.5) is 4.39 Å². The Labute approximate surface area is 115 Å². The van der Waals surface area contributed by atoms with Crippen LogP contribution in [0.5, 0.6) is 5.75 Å². The van der Waals surface area contributed by atoms with E-state index in [1.54, 1.807) is 12.2 Å². The van der Waals surface area contributed by atoms with Gasteiger partial charge in [0.05, 0.1) is 5.92 Å². The zero-order chi connectivity index (χ0) is 13.4. The van der Waals surface area contributed by atoms with Gasteiger partial charge in [-0.3, -0.25) is 4.79 Å². The molecule has 0 spiro atoms. The summed E-state index contributed by atoms with van der Waals surface area (Å²) in [5.41, 5.74) is 0. The Morgan fingerprint density at radius 2 is 2.21 bits per heavy atom. The minimum Gasteiger partial charge on any atom is -0.461 e. The molecule has 3 rings (SSSR count). The van der Waals surface area contributed by atoms with Gasteiger partial charge in [-0.25, -0.2) is 4.39 Å². The van der Waals surface area contributed by atoms with Crippen LogP contribution in [0, 0.1) is 23.7 Å². The molecule has 4 heteroatoms. The Kier molecular flexibility index (Phi) is 3.15. The van der Waals surface area contributed by atoms with Gasteiger partial charge in [-0.15, -0.1) is 0 Å². The SMILES string of the molecule is O=C1CCC2[C]=CC=C(Oc3cc(F)cc(Cl)c3)[C@@H]12. The number of hydrogen-bond donors (Lipinski definition) is 0. The van der Waals surface area contributed by atoms with Gasteiger partial charge in [-0.2, -0.15) is 0 Å². The van der Waals surface area contributed by atoms with Crippen molar-refractivity contribution in [1.82, 2.24) is 0 Å². The Balaban J connectivity index is 1.88. The van der Waals surface area contributed by atoms with Crippen molar-refractivity contribution in [2.45, 2.75) is 12.8 Å². The predicted molar refractivity (Wildman–Crippen MR) is 69.2 cm³/mol. The van der Waals surface area contributed by atoms with Gasteiger partial charge in [-0.05, 0) is 30.7 Å². The second-order valence-corrected chi connectivity index (χ2v) is 5.14. The van der Waals surface area contributed by atoms with Crippen LogP contribution in [0.25, 0.3) is 0 Å². The predicted octanol–water partition coefficient (Wildman–Crippen LogP) is 3.71. The Hall–Kier alpha value is -1.61. The normalized spacial score (nSPS) is 25.2. The minimum absolute atomic E-state index is 0.0801. The molecular weight excluding hydrogens is 267 g/mol. The first kappa shape index (κ1) is 12.4. The molecule has 0 bridgehead atoms. The first-order valence-electron chi connectivity index (χ1n) is 6.09. The third-order valence-corrected chi connectivity index (χ3v) is 3.61. The van der Waals surface area contributed by atoms with Crippen LogP contribution in [0.1, 0.15) is 12.8 Å². The number of hydrogen-bond acceptors (Lipinski definition) is 2. The number of ketones is 1. The lowest BCUT2D eigenvalue weighted by molar-refractivity contribution is -0.120. The molecular formula is C15H11ClFO2. The topological polar surface area (TPSA) is 26.3 Å². The number of halogens is 2. The van der Waals surface area contributed by atoms with Crippen LogP contribution >= 0.6 is 11.6 Å². The van der Waals surface area contributed by atoms with Crippen molar-refractivity contribution < 1.29 is 13.9 Å². The molecule has 1 aromatic carbocycles. The van der Waals surface area contributed by atoms with E-state index in [0.29, 0.717) is 17.9 Å². The molecule has 1 saturated carbocycles. The van der Waals surface area contributed by atoms with E-state index >= 15 is 0 Å². The Morgan fingerprint density at radius 3 is 3.00 bits per heavy atom. The highest BCUT2D eigenvalue weighted by Gasteiger charge is 2.38. The molecule has 0 saturated heterocycles. The van der Waals surface area contributed by atoms with E-state index in [1.807, 2.05) is 0 Å². The maximum Gasteiger partial charge on any atom is 0.144 e. The molecule has 1 fully saturated rings. The number of rotatable bonds is 2. The summed E-state index contributed by atoms with van der Waals surface area (Å²) in [6, 6.07) is 3.99. The standard InChI is InChI=1S/C15H11ClFO2/c16-10-6-11(17)8-12(7-10)19-14-3-1-2-9-4-5-13(18)15(9)14/h1,3,6-9,15H,4-5H2/t9?,15-/m1/s1. The van der Waals surface area contributed by atoms with Gasteiger partial charge in [0, 0.05) is 23.4 Å². The number of allylic oxidation sites excluding steroid dienone is 4. The number of carbonyl (C=O) groups excluding carboxylic acids is 1. The van der Waals surface area contributed by atoms with Gasteiger partial charge in [0.25, 0.3) is 0 Å². The number of benzene rings is 1. The first-order chi connectivity index (χ1) is 9.13. The van der Waals surface area contributed by atoms with E-state index < -0.39 is 5.82 Å². The van der Waals surface area contributed by atoms with Crippen LogP contribution in [-0.4, -0.2) is 5.78 Å². The molecule has 97 valence electrons. The van der Waals surface area contributed by atoms with E-state index in [0.717, 1.165) is 6.42 Å². The van der Waals surface area contributed by atoms with E-state index in [2.05, 4.69) is 6.08 Å². The fraction of sp³-hybridized carbons (Fsp3) is 0.267. The zero-order valence-corrected chi connectivity index (χ0v) is 10.8. The number of carbonyl (C=O) groups is 1. The van der Waals surface area contributed by atoms with Crippen molar-refractivity contribution in [2.75, 3.05) is 0 Å². The molecule has 1 radical (unpaired) electrons. The maximum absolute atomic E-state index is 13.3. The van der Waals surface area contributed by atoms with Gasteiger partial charge in [-0.1, -0.05) is 17.7 Å². The van der Waals surface area contributed by atoms with Crippen LogP contribution in [0.2, 0.25) is 5.02 Å². The second kappa shape index (κ2) is 4.82. The number of Topliss-reactive ketones (excluding diaryl/α,β-unsaturated/α-hetero) is 1. The molecule has 0 aromatic heterocycles. The van der Waals surface area contributed by atoms with E-state index in [1.165, 1.54) is 18.2 Å². The molecule has 2 nitrogen and oxygen atoms in total. The first-order valence-corrected chi connectivity index (χ1v) is 6.47. The summed E-state index contributed by atoms with van der Waals surface area (Å²) in [5.74, 6) is 0.344. The molecule has 1 unspecified atom stereocenters. The van der Waals surface area contributed by atoms with Crippen molar-refractivity contribution in [3.05, 3.63) is 53.0 Å². The summed E-state index contributed by atoms with van der Waals surface area (Å²) < 4.78 is 18.9. The summed E-state index contributed by atoms with van der Waals surface area (Å²) in [7, 11) is 0. The third-order valence-electron chi connectivity index (χ3n) is 3.39. The van der Waals surface area contributed by atoms with Crippen molar-refractivity contribution in [1.29, 1.82) is 0 Å². The number of fused-ring (bicyclic) bond motifs is 1. The van der Waals surface area contributed by atoms with Crippen molar-refractivity contribution in [3.8, 4) is 5.75 Å².